The topological polar surface area (TPSA) is 12.0 Å². The first-order chi connectivity index (χ1) is 1.91. The van der Waals surface area contributed by atoms with Crippen molar-refractivity contribution in [3.63, 3.8) is 0 Å². The zero-order valence-electron chi connectivity index (χ0n) is 2.65. The van der Waals surface area contributed by atoms with E-state index in [4.69, 9.17) is 0 Å². The van der Waals surface area contributed by atoms with E-state index in [0.29, 0.717) is 0 Å². The van der Waals surface area contributed by atoms with Crippen LogP contribution < -0.4 is 5.32 Å². The van der Waals surface area contributed by atoms with Gasteiger partial charge in [0.2, 0.25) is 0 Å². The second-order valence-corrected chi connectivity index (χ2v) is 1.65. The first-order valence-corrected chi connectivity index (χ1v) is 3.44. The van der Waals surface area contributed by atoms with E-state index in [9.17, 15) is 0 Å². The molecule has 0 unspecified atom stereocenters. The van der Waals surface area contributed by atoms with Gasteiger partial charge in [0.25, 0.3) is 0 Å². The van der Waals surface area contributed by atoms with Gasteiger partial charge in [-0.05, 0) is 0 Å². The normalized spacial score (nSPS) is 7.25. The Morgan fingerprint density at radius 1 is 2.00 bits per heavy atom. The van der Waals surface area contributed by atoms with Crippen molar-refractivity contribution in [3.8, 4) is 0 Å². The molecule has 0 saturated carbocycles. The van der Waals surface area contributed by atoms with E-state index >= 15 is 0 Å². The molecule has 0 saturated heterocycles. The Bertz CT molecular complexity index is 8.00. The van der Waals surface area contributed by atoms with E-state index < -0.39 is 0 Å². The van der Waals surface area contributed by atoms with E-state index in [0.717, 1.165) is 0 Å². The van der Waals surface area contributed by atoms with Crippen LogP contribution in [0.5, 0.6) is 0 Å². The Hall–Kier alpha value is 0.700. The van der Waals surface area contributed by atoms with Crippen LogP contribution in [-0.2, 0) is 21.1 Å². The van der Waals surface area contributed by atoms with Crippen molar-refractivity contribution < 1.29 is 21.1 Å². The number of hydrogen-bond donors (Lipinski definition) is 1. The van der Waals surface area contributed by atoms with Crippen LogP contribution in [0.3, 0.4) is 0 Å². The van der Waals surface area contributed by atoms with E-state index in [1.807, 2.05) is 7.05 Å². The molecule has 1 N–H and O–H groups in total. The average molecular weight is 225 g/mol. The molecule has 0 aromatic rings. The summed E-state index contributed by atoms with van der Waals surface area (Å²) in [5.74, 6) is 0. The summed E-state index contributed by atoms with van der Waals surface area (Å²) in [5.41, 5.74) is 0. The van der Waals surface area contributed by atoms with Gasteiger partial charge in [-0.3, -0.25) is 0 Å². The first kappa shape index (κ1) is 4.70. The second-order valence-electron chi connectivity index (χ2n) is 0.512. The number of nitrogens with one attached hydrogen (secondary N) is 1. The molecule has 1 nitrogen and oxygen atoms in total. The fraction of sp³-hybridized carbons (Fsp3) is 1.00. The SMILES string of the molecule is CN[CH2][Ta]. The molecule has 0 heterocycles. The first-order valence-electron chi connectivity index (χ1n) is 1.17. The second kappa shape index (κ2) is 3.70. The van der Waals surface area contributed by atoms with Gasteiger partial charge in [0.05, 0.1) is 0 Å². The quantitative estimate of drug-likeness (QED) is 0.646. The Kier molecular flexibility index (Phi) is 4.35. The van der Waals surface area contributed by atoms with Gasteiger partial charge in [0.15, 0.2) is 0 Å². The number of rotatable bonds is 1. The third-order valence-corrected chi connectivity index (χ3v) is 1.29. The summed E-state index contributed by atoms with van der Waals surface area (Å²) in [6, 6.07) is 0. The van der Waals surface area contributed by atoms with Crippen LogP contribution in [0.2, 0.25) is 0 Å². The molecule has 0 aromatic carbocycles. The molecule has 2 heteroatoms. The van der Waals surface area contributed by atoms with Crippen LogP contribution in [0.25, 0.3) is 0 Å². The van der Waals surface area contributed by atoms with Crippen molar-refractivity contribution in [1.29, 1.82) is 0 Å². The van der Waals surface area contributed by atoms with Gasteiger partial charge in [-0.25, -0.2) is 0 Å². The molecule has 0 aliphatic heterocycles. The van der Waals surface area contributed by atoms with Crippen LogP contribution >= 0.6 is 0 Å². The molecule has 24 valence electrons. The molecule has 0 rings (SSSR count). The Balaban J connectivity index is 1.97. The molecule has 0 amide bonds. The summed E-state index contributed by atoms with van der Waals surface area (Å²) in [6.07, 6.45) is 0. The van der Waals surface area contributed by atoms with E-state index in [2.05, 4.69) is 5.32 Å². The molecule has 0 aromatic heterocycles. The van der Waals surface area contributed by atoms with Gasteiger partial charge in [0, 0.05) is 0 Å². The monoisotopic (exact) mass is 225 g/mol. The fourth-order valence-electron chi connectivity index (χ4n) is 0. The fourth-order valence-corrected chi connectivity index (χ4v) is 0. The maximum atomic E-state index is 2.98. The van der Waals surface area contributed by atoms with Crippen LogP contribution in [0.1, 0.15) is 0 Å². The molecule has 0 radical (unpaired) electrons. The van der Waals surface area contributed by atoms with Crippen LogP contribution in [-0.4, -0.2) is 11.8 Å². The standard InChI is InChI=1S/C2H6N.Ta/c1-3-2;/h3H,1H2,2H3;. The zero-order chi connectivity index (χ0) is 3.41. The molecule has 0 spiro atoms. The summed E-state index contributed by atoms with van der Waals surface area (Å²) >= 11 is 1.44. The molecule has 0 aliphatic carbocycles. The van der Waals surface area contributed by atoms with Gasteiger partial charge in [-0.1, -0.05) is 0 Å². The van der Waals surface area contributed by atoms with Crippen molar-refractivity contribution in [2.45, 2.75) is 0 Å². The van der Waals surface area contributed by atoms with Crippen molar-refractivity contribution in [3.05, 3.63) is 0 Å². The van der Waals surface area contributed by atoms with Gasteiger partial charge in [0.1, 0.15) is 0 Å². The predicted octanol–water partition coefficient (Wildman–Crippen LogP) is -0.290. The summed E-state index contributed by atoms with van der Waals surface area (Å²) in [4.78, 5) is 0. The van der Waals surface area contributed by atoms with E-state index in [1.54, 1.807) is 0 Å². The molecule has 4 heavy (non-hydrogen) atoms. The minimum atomic E-state index is 1.18. The van der Waals surface area contributed by atoms with Crippen molar-refractivity contribution >= 4 is 0 Å². The summed E-state index contributed by atoms with van der Waals surface area (Å²) in [5, 5.41) is 2.98. The minimum absolute atomic E-state index is 1.18. The average Bonchev–Trinajstić information content (AvgIpc) is 1.37. The molecule has 0 bridgehead atoms. The van der Waals surface area contributed by atoms with Crippen molar-refractivity contribution in [1.82, 2.24) is 5.32 Å². The molecular formula is C2H6NTa. The zero-order valence-corrected chi connectivity index (χ0v) is 5.87. The molecule has 0 aliphatic rings. The molecule has 0 fully saturated rings. The Morgan fingerprint density at radius 3 is 2.25 bits per heavy atom. The van der Waals surface area contributed by atoms with Gasteiger partial charge in [-0.2, -0.15) is 0 Å². The predicted molar refractivity (Wildman–Crippen MR) is 13.9 cm³/mol. The Labute approximate surface area is 38.7 Å². The van der Waals surface area contributed by atoms with Crippen molar-refractivity contribution in [2.24, 2.45) is 0 Å². The summed E-state index contributed by atoms with van der Waals surface area (Å²) < 4.78 is 1.18. The van der Waals surface area contributed by atoms with Crippen LogP contribution in [0, 0.1) is 0 Å². The van der Waals surface area contributed by atoms with Crippen LogP contribution in [0.15, 0.2) is 0 Å². The van der Waals surface area contributed by atoms with Crippen molar-refractivity contribution in [2.75, 3.05) is 11.8 Å². The van der Waals surface area contributed by atoms with Gasteiger partial charge >= 0.3 is 38.2 Å². The molecule has 0 atom stereocenters. The molecular weight excluding hydrogens is 219 g/mol. The number of hydrogen-bond acceptors (Lipinski definition) is 1. The van der Waals surface area contributed by atoms with E-state index in [-0.39, 0.29) is 0 Å². The maximum absolute atomic E-state index is 2.98. The Morgan fingerprint density at radius 2 is 2.25 bits per heavy atom. The third-order valence-electron chi connectivity index (χ3n) is 0.158. The van der Waals surface area contributed by atoms with Gasteiger partial charge < -0.3 is 0 Å². The third kappa shape index (κ3) is 2.70. The van der Waals surface area contributed by atoms with E-state index in [1.165, 1.54) is 25.8 Å². The van der Waals surface area contributed by atoms with Gasteiger partial charge in [-0.15, -0.1) is 0 Å². The summed E-state index contributed by atoms with van der Waals surface area (Å²) in [6.45, 7) is 0. The van der Waals surface area contributed by atoms with Crippen LogP contribution in [0.4, 0.5) is 0 Å². The summed E-state index contributed by atoms with van der Waals surface area (Å²) in [7, 11) is 1.96.